The van der Waals surface area contributed by atoms with Crippen molar-refractivity contribution in [2.45, 2.75) is 37.6 Å². The van der Waals surface area contributed by atoms with Crippen molar-refractivity contribution >= 4 is 27.3 Å². The van der Waals surface area contributed by atoms with Crippen molar-refractivity contribution in [2.24, 2.45) is 0 Å². The third-order valence-electron chi connectivity index (χ3n) is 5.18. The van der Waals surface area contributed by atoms with Gasteiger partial charge in [-0.1, -0.05) is 45.0 Å². The molecular formula is C21H28N2O4S2. The molecule has 1 fully saturated rings. The molecule has 1 aliphatic heterocycles. The lowest BCUT2D eigenvalue weighted by Gasteiger charge is -2.34. The third-order valence-corrected chi connectivity index (χ3v) is 8.14. The Labute approximate surface area is 177 Å². The van der Waals surface area contributed by atoms with Crippen molar-refractivity contribution in [1.82, 2.24) is 9.21 Å². The topological polar surface area (TPSA) is 66.9 Å². The van der Waals surface area contributed by atoms with Crippen molar-refractivity contribution in [3.8, 4) is 0 Å². The highest BCUT2D eigenvalue weighted by Crippen LogP contribution is 2.27. The maximum atomic E-state index is 13.0. The number of ether oxygens (including phenoxy) is 1. The normalized spacial score (nSPS) is 16.7. The van der Waals surface area contributed by atoms with Crippen molar-refractivity contribution in [2.75, 3.05) is 33.3 Å². The monoisotopic (exact) mass is 436 g/mol. The van der Waals surface area contributed by atoms with E-state index in [2.05, 4.69) is 49.9 Å². The van der Waals surface area contributed by atoms with Gasteiger partial charge in [0.15, 0.2) is 0 Å². The number of hydrogen-bond donors (Lipinski definition) is 0. The second kappa shape index (κ2) is 8.55. The minimum atomic E-state index is -3.71. The number of nitrogens with zero attached hydrogens (tertiary/aromatic N) is 2. The van der Waals surface area contributed by atoms with E-state index in [1.807, 2.05) is 0 Å². The summed E-state index contributed by atoms with van der Waals surface area (Å²) in [4.78, 5) is 14.3. The second-order valence-corrected chi connectivity index (χ2v) is 11.1. The summed E-state index contributed by atoms with van der Waals surface area (Å²) in [6.07, 6.45) is 0. The summed E-state index contributed by atoms with van der Waals surface area (Å²) in [5.41, 5.74) is 2.65. The van der Waals surface area contributed by atoms with Gasteiger partial charge in [-0.3, -0.25) is 4.90 Å². The third kappa shape index (κ3) is 4.88. The molecule has 8 heteroatoms. The van der Waals surface area contributed by atoms with Crippen LogP contribution in [-0.4, -0.2) is 56.9 Å². The van der Waals surface area contributed by atoms with E-state index >= 15 is 0 Å². The van der Waals surface area contributed by atoms with Crippen LogP contribution in [0.15, 0.2) is 40.6 Å². The van der Waals surface area contributed by atoms with Crippen molar-refractivity contribution in [3.63, 3.8) is 0 Å². The number of benzene rings is 1. The van der Waals surface area contributed by atoms with Gasteiger partial charge in [0.2, 0.25) is 10.0 Å². The van der Waals surface area contributed by atoms with Gasteiger partial charge in [-0.15, -0.1) is 11.3 Å². The molecule has 1 aromatic heterocycles. The quantitative estimate of drug-likeness (QED) is 0.673. The number of carbonyl (C=O) groups excluding carboxylic acids is 1. The van der Waals surface area contributed by atoms with E-state index in [1.165, 1.54) is 28.6 Å². The Morgan fingerprint density at radius 2 is 1.69 bits per heavy atom. The predicted octanol–water partition coefficient (Wildman–Crippen LogP) is 3.34. The number of carbonyl (C=O) groups is 1. The van der Waals surface area contributed by atoms with Gasteiger partial charge in [0.05, 0.1) is 7.11 Å². The highest BCUT2D eigenvalue weighted by Gasteiger charge is 2.32. The Balaban J connectivity index is 1.63. The average molecular weight is 437 g/mol. The van der Waals surface area contributed by atoms with Gasteiger partial charge in [-0.25, -0.2) is 13.2 Å². The number of rotatable bonds is 5. The van der Waals surface area contributed by atoms with Crippen LogP contribution >= 0.6 is 11.3 Å². The molecule has 158 valence electrons. The number of hydrogen-bond acceptors (Lipinski definition) is 6. The molecular weight excluding hydrogens is 408 g/mol. The first-order valence-corrected chi connectivity index (χ1v) is 11.9. The lowest BCUT2D eigenvalue weighted by molar-refractivity contribution is 0.0602. The fraction of sp³-hybridized carbons (Fsp3) is 0.476. The molecule has 1 saturated heterocycles. The molecule has 2 heterocycles. The zero-order chi connectivity index (χ0) is 21.2. The van der Waals surface area contributed by atoms with Crippen LogP contribution in [0.4, 0.5) is 0 Å². The zero-order valence-corrected chi connectivity index (χ0v) is 19.0. The standard InChI is InChI=1S/C21H28N2O4S2/c1-21(2,3)17-7-5-16(6-8-17)15-22-10-12-23(13-11-22)29(25,26)18-9-14-28-19(18)20(24)27-4/h5-9,14H,10-13,15H2,1-4H3. The summed E-state index contributed by atoms with van der Waals surface area (Å²) in [6.45, 7) is 9.49. The first-order valence-electron chi connectivity index (χ1n) is 9.60. The fourth-order valence-corrected chi connectivity index (χ4v) is 6.11. The van der Waals surface area contributed by atoms with Crippen molar-refractivity contribution in [3.05, 3.63) is 51.7 Å². The number of thiophene rings is 1. The summed E-state index contributed by atoms with van der Waals surface area (Å²) >= 11 is 1.09. The first kappa shape index (κ1) is 22.0. The summed E-state index contributed by atoms with van der Waals surface area (Å²) in [7, 11) is -2.45. The number of methoxy groups -OCH3 is 1. The van der Waals surface area contributed by atoms with E-state index in [9.17, 15) is 13.2 Å². The van der Waals surface area contributed by atoms with Crippen LogP contribution in [0.25, 0.3) is 0 Å². The molecule has 1 aromatic carbocycles. The summed E-state index contributed by atoms with van der Waals surface area (Å²) in [5, 5.41) is 1.61. The minimum absolute atomic E-state index is 0.0422. The Morgan fingerprint density at radius 1 is 1.07 bits per heavy atom. The molecule has 0 bridgehead atoms. The molecule has 0 atom stereocenters. The van der Waals surface area contributed by atoms with Gasteiger partial charge < -0.3 is 4.74 Å². The number of piperazine rings is 1. The lowest BCUT2D eigenvalue weighted by atomic mass is 9.87. The molecule has 0 N–H and O–H groups in total. The largest absolute Gasteiger partial charge is 0.465 e. The summed E-state index contributed by atoms with van der Waals surface area (Å²) in [6, 6.07) is 10.1. The number of sulfonamides is 1. The highest BCUT2D eigenvalue weighted by molar-refractivity contribution is 7.89. The minimum Gasteiger partial charge on any atom is -0.465 e. The molecule has 3 rings (SSSR count). The van der Waals surface area contributed by atoms with Gasteiger partial charge in [0, 0.05) is 32.7 Å². The Hall–Kier alpha value is -1.74. The second-order valence-electron chi connectivity index (χ2n) is 8.23. The van der Waals surface area contributed by atoms with Crippen LogP contribution < -0.4 is 0 Å². The number of esters is 1. The summed E-state index contributed by atoms with van der Waals surface area (Å²) < 4.78 is 32.2. The molecule has 0 amide bonds. The maximum absolute atomic E-state index is 13.0. The SMILES string of the molecule is COC(=O)c1sccc1S(=O)(=O)N1CCN(Cc2ccc(C(C)(C)C)cc2)CC1. The van der Waals surface area contributed by atoms with Crippen LogP contribution in [0.5, 0.6) is 0 Å². The van der Waals surface area contributed by atoms with E-state index in [0.29, 0.717) is 26.2 Å². The predicted molar refractivity (Wildman–Crippen MR) is 115 cm³/mol. The van der Waals surface area contributed by atoms with E-state index in [4.69, 9.17) is 4.74 Å². The van der Waals surface area contributed by atoms with E-state index in [-0.39, 0.29) is 15.2 Å². The molecule has 0 spiro atoms. The van der Waals surface area contributed by atoms with E-state index in [1.54, 1.807) is 5.38 Å². The van der Waals surface area contributed by atoms with E-state index < -0.39 is 16.0 Å². The fourth-order valence-electron chi connectivity index (χ4n) is 3.38. The van der Waals surface area contributed by atoms with Crippen molar-refractivity contribution in [1.29, 1.82) is 0 Å². The maximum Gasteiger partial charge on any atom is 0.349 e. The van der Waals surface area contributed by atoms with Crippen LogP contribution in [0.1, 0.15) is 41.6 Å². The molecule has 1 aliphatic rings. The van der Waals surface area contributed by atoms with Gasteiger partial charge in [-0.05, 0) is 28.0 Å². The lowest BCUT2D eigenvalue weighted by Crippen LogP contribution is -2.48. The zero-order valence-electron chi connectivity index (χ0n) is 17.3. The smallest absolute Gasteiger partial charge is 0.349 e. The highest BCUT2D eigenvalue weighted by atomic mass is 32.2. The molecule has 0 unspecified atom stereocenters. The van der Waals surface area contributed by atoms with Crippen LogP contribution in [0.3, 0.4) is 0 Å². The van der Waals surface area contributed by atoms with Crippen LogP contribution in [-0.2, 0) is 26.7 Å². The van der Waals surface area contributed by atoms with Crippen LogP contribution in [0.2, 0.25) is 0 Å². The Kier molecular flexibility index (Phi) is 6.48. The Morgan fingerprint density at radius 3 is 2.24 bits per heavy atom. The van der Waals surface area contributed by atoms with E-state index in [0.717, 1.165) is 17.9 Å². The molecule has 2 aromatic rings. The summed E-state index contributed by atoms with van der Waals surface area (Å²) in [5.74, 6) is -0.615. The Bertz CT molecular complexity index is 951. The molecule has 29 heavy (non-hydrogen) atoms. The van der Waals surface area contributed by atoms with Crippen LogP contribution in [0, 0.1) is 0 Å². The molecule has 0 aliphatic carbocycles. The van der Waals surface area contributed by atoms with Gasteiger partial charge >= 0.3 is 5.97 Å². The van der Waals surface area contributed by atoms with Crippen molar-refractivity contribution < 1.29 is 17.9 Å². The molecule has 0 radical (unpaired) electrons. The molecule has 6 nitrogen and oxygen atoms in total. The first-order chi connectivity index (χ1) is 13.6. The molecule has 0 saturated carbocycles. The van der Waals surface area contributed by atoms with Gasteiger partial charge in [-0.2, -0.15) is 4.31 Å². The average Bonchev–Trinajstić information content (AvgIpc) is 3.18. The van der Waals surface area contributed by atoms with Gasteiger partial charge in [0.1, 0.15) is 9.77 Å². The van der Waals surface area contributed by atoms with Gasteiger partial charge in [0.25, 0.3) is 0 Å².